The first-order valence-corrected chi connectivity index (χ1v) is 7.65. The van der Waals surface area contributed by atoms with Crippen LogP contribution in [0.2, 0.25) is 0 Å². The van der Waals surface area contributed by atoms with Crippen molar-refractivity contribution in [3.05, 3.63) is 64.3 Å². The number of methoxy groups -OCH3 is 1. The monoisotopic (exact) mass is 372 g/mol. The second-order valence-corrected chi connectivity index (χ2v) is 5.75. The molecule has 0 saturated carbocycles. The van der Waals surface area contributed by atoms with E-state index in [1.165, 1.54) is 13.2 Å². The molecule has 0 aliphatic heterocycles. The van der Waals surface area contributed by atoms with Crippen molar-refractivity contribution in [2.24, 2.45) is 0 Å². The predicted octanol–water partition coefficient (Wildman–Crippen LogP) is 4.81. The fourth-order valence-electron chi connectivity index (χ4n) is 2.20. The molecule has 5 heteroatoms. The van der Waals surface area contributed by atoms with Crippen molar-refractivity contribution in [2.75, 3.05) is 7.11 Å². The van der Waals surface area contributed by atoms with E-state index in [4.69, 9.17) is 9.15 Å². The lowest BCUT2D eigenvalue weighted by Crippen LogP contribution is -1.91. The maximum atomic E-state index is 12.2. The van der Waals surface area contributed by atoms with Gasteiger partial charge in [-0.15, -0.1) is 0 Å². The standard InChI is InChI=1S/C18H13BrO4/c1-22-17-9-11(8-13(19)18(17)21)6-7-14(20)16-10-12-4-2-3-5-15(12)23-16/h2-10,21H,1H3/b7-6+. The number of furan rings is 1. The van der Waals surface area contributed by atoms with Crippen LogP contribution in [0.4, 0.5) is 0 Å². The predicted molar refractivity (Wildman–Crippen MR) is 91.9 cm³/mol. The van der Waals surface area contributed by atoms with Crippen molar-refractivity contribution in [2.45, 2.75) is 0 Å². The summed E-state index contributed by atoms with van der Waals surface area (Å²) in [5.41, 5.74) is 1.40. The van der Waals surface area contributed by atoms with E-state index < -0.39 is 0 Å². The Morgan fingerprint density at radius 3 is 2.78 bits per heavy atom. The summed E-state index contributed by atoms with van der Waals surface area (Å²) in [6.07, 6.45) is 3.07. The molecular formula is C18H13BrO4. The molecule has 0 fully saturated rings. The van der Waals surface area contributed by atoms with E-state index in [9.17, 15) is 9.90 Å². The molecule has 0 aliphatic carbocycles. The van der Waals surface area contributed by atoms with Gasteiger partial charge in [0.15, 0.2) is 17.3 Å². The molecule has 3 rings (SSSR count). The van der Waals surface area contributed by atoms with Crippen molar-refractivity contribution >= 4 is 38.8 Å². The third-order valence-corrected chi connectivity index (χ3v) is 3.97. The van der Waals surface area contributed by atoms with E-state index in [2.05, 4.69) is 15.9 Å². The average molecular weight is 373 g/mol. The number of phenolic OH excluding ortho intramolecular Hbond substituents is 1. The number of halogens is 1. The van der Waals surface area contributed by atoms with E-state index in [0.29, 0.717) is 15.8 Å². The molecule has 23 heavy (non-hydrogen) atoms. The number of rotatable bonds is 4. The number of benzene rings is 2. The van der Waals surface area contributed by atoms with Gasteiger partial charge in [-0.1, -0.05) is 24.3 Å². The van der Waals surface area contributed by atoms with Gasteiger partial charge in [0.25, 0.3) is 0 Å². The summed E-state index contributed by atoms with van der Waals surface area (Å²) in [5.74, 6) is 0.403. The summed E-state index contributed by atoms with van der Waals surface area (Å²) in [6.45, 7) is 0. The third-order valence-electron chi connectivity index (χ3n) is 3.37. The minimum atomic E-state index is -0.232. The van der Waals surface area contributed by atoms with Crippen molar-refractivity contribution in [1.82, 2.24) is 0 Å². The van der Waals surface area contributed by atoms with Crippen molar-refractivity contribution in [1.29, 1.82) is 0 Å². The zero-order valence-electron chi connectivity index (χ0n) is 12.2. The lowest BCUT2D eigenvalue weighted by atomic mass is 10.1. The highest BCUT2D eigenvalue weighted by Crippen LogP contribution is 2.35. The van der Waals surface area contributed by atoms with Gasteiger partial charge < -0.3 is 14.3 Å². The summed E-state index contributed by atoms with van der Waals surface area (Å²) in [5, 5.41) is 10.7. The number of phenols is 1. The van der Waals surface area contributed by atoms with Crippen LogP contribution in [0.5, 0.6) is 11.5 Å². The maximum Gasteiger partial charge on any atom is 0.221 e. The van der Waals surface area contributed by atoms with E-state index in [1.807, 2.05) is 24.3 Å². The third kappa shape index (κ3) is 3.14. The molecule has 0 saturated heterocycles. The number of carbonyl (C=O) groups excluding carboxylic acids is 1. The number of ether oxygens (including phenoxy) is 1. The van der Waals surface area contributed by atoms with E-state index >= 15 is 0 Å². The zero-order chi connectivity index (χ0) is 16.4. The van der Waals surface area contributed by atoms with Crippen molar-refractivity contribution < 1.29 is 19.1 Å². The summed E-state index contributed by atoms with van der Waals surface area (Å²) >= 11 is 3.25. The second-order valence-electron chi connectivity index (χ2n) is 4.90. The molecule has 4 nitrogen and oxygen atoms in total. The molecule has 0 radical (unpaired) electrons. The van der Waals surface area contributed by atoms with Crippen LogP contribution in [0, 0.1) is 0 Å². The second kappa shape index (κ2) is 6.30. The van der Waals surface area contributed by atoms with Gasteiger partial charge in [0.2, 0.25) is 5.78 Å². The van der Waals surface area contributed by atoms with Crippen LogP contribution >= 0.6 is 15.9 Å². The molecule has 0 spiro atoms. The average Bonchev–Trinajstić information content (AvgIpc) is 2.99. The Hall–Kier alpha value is -2.53. The summed E-state index contributed by atoms with van der Waals surface area (Å²) in [6, 6.07) is 12.5. The molecule has 1 N–H and O–H groups in total. The Bertz CT molecular complexity index is 876. The molecule has 2 aromatic carbocycles. The number of ketones is 1. The Labute approximate surface area is 141 Å². The highest BCUT2D eigenvalue weighted by Gasteiger charge is 2.10. The Kier molecular flexibility index (Phi) is 4.21. The van der Waals surface area contributed by atoms with Crippen molar-refractivity contribution in [3.8, 4) is 11.5 Å². The zero-order valence-corrected chi connectivity index (χ0v) is 13.8. The van der Waals surface area contributed by atoms with Crippen LogP contribution in [0.1, 0.15) is 16.1 Å². The molecule has 3 aromatic rings. The first-order chi connectivity index (χ1) is 11.1. The summed E-state index contributed by atoms with van der Waals surface area (Å²) in [7, 11) is 1.47. The van der Waals surface area contributed by atoms with Gasteiger partial charge in [0, 0.05) is 5.39 Å². The van der Waals surface area contributed by atoms with Gasteiger partial charge in [0.05, 0.1) is 11.6 Å². The van der Waals surface area contributed by atoms with Crippen LogP contribution in [0.25, 0.3) is 17.0 Å². The van der Waals surface area contributed by atoms with E-state index in [0.717, 1.165) is 10.9 Å². The molecule has 0 bridgehead atoms. The van der Waals surface area contributed by atoms with Crippen LogP contribution in [-0.4, -0.2) is 18.0 Å². The molecule has 0 atom stereocenters. The normalized spacial score (nSPS) is 11.2. The van der Waals surface area contributed by atoms with Crippen LogP contribution in [-0.2, 0) is 0 Å². The lowest BCUT2D eigenvalue weighted by molar-refractivity contribution is 0.102. The number of fused-ring (bicyclic) bond motifs is 1. The number of para-hydroxylation sites is 1. The lowest BCUT2D eigenvalue weighted by Gasteiger charge is -2.06. The van der Waals surface area contributed by atoms with Gasteiger partial charge in [-0.2, -0.15) is 0 Å². The highest BCUT2D eigenvalue weighted by molar-refractivity contribution is 9.10. The SMILES string of the molecule is COc1cc(/C=C/C(=O)c2cc3ccccc3o2)cc(Br)c1O. The number of allylic oxidation sites excluding steroid dienone is 1. The van der Waals surface area contributed by atoms with Gasteiger partial charge >= 0.3 is 0 Å². The summed E-state index contributed by atoms with van der Waals surface area (Å²) < 4.78 is 11.1. The number of carbonyl (C=O) groups is 1. The Morgan fingerprint density at radius 2 is 2.04 bits per heavy atom. The number of aromatic hydroxyl groups is 1. The smallest absolute Gasteiger partial charge is 0.221 e. The van der Waals surface area contributed by atoms with Gasteiger partial charge in [0.1, 0.15) is 5.58 Å². The molecule has 0 aliphatic rings. The minimum absolute atomic E-state index is 0.0215. The van der Waals surface area contributed by atoms with E-state index in [1.54, 1.807) is 24.3 Å². The first kappa shape index (κ1) is 15.4. The first-order valence-electron chi connectivity index (χ1n) is 6.86. The quantitative estimate of drug-likeness (QED) is 0.527. The topological polar surface area (TPSA) is 59.7 Å². The molecule has 1 aromatic heterocycles. The minimum Gasteiger partial charge on any atom is -0.503 e. The molecule has 1 heterocycles. The molecule has 116 valence electrons. The van der Waals surface area contributed by atoms with Crippen LogP contribution in [0.15, 0.2) is 57.4 Å². The largest absolute Gasteiger partial charge is 0.503 e. The molecule has 0 amide bonds. The fraction of sp³-hybridized carbons (Fsp3) is 0.0556. The van der Waals surface area contributed by atoms with Gasteiger partial charge in [-0.05, 0) is 51.8 Å². The van der Waals surface area contributed by atoms with Crippen LogP contribution in [0.3, 0.4) is 0 Å². The highest BCUT2D eigenvalue weighted by atomic mass is 79.9. The van der Waals surface area contributed by atoms with Crippen LogP contribution < -0.4 is 4.74 Å². The summed E-state index contributed by atoms with van der Waals surface area (Å²) in [4.78, 5) is 12.2. The number of hydrogen-bond donors (Lipinski definition) is 1. The molecular weight excluding hydrogens is 360 g/mol. The Morgan fingerprint density at radius 1 is 1.26 bits per heavy atom. The van der Waals surface area contributed by atoms with Gasteiger partial charge in [-0.25, -0.2) is 0 Å². The van der Waals surface area contributed by atoms with Gasteiger partial charge in [-0.3, -0.25) is 4.79 Å². The van der Waals surface area contributed by atoms with Crippen molar-refractivity contribution in [3.63, 3.8) is 0 Å². The number of hydrogen-bond acceptors (Lipinski definition) is 4. The molecule has 0 unspecified atom stereocenters. The maximum absolute atomic E-state index is 12.2. The fourth-order valence-corrected chi connectivity index (χ4v) is 2.66. The Balaban J connectivity index is 1.87. The van der Waals surface area contributed by atoms with E-state index in [-0.39, 0.29) is 17.3 Å².